The maximum absolute atomic E-state index is 13.6. The third-order valence-electron chi connectivity index (χ3n) is 13.3. The zero-order chi connectivity index (χ0) is 31.1. The van der Waals surface area contributed by atoms with Crippen LogP contribution in [0.4, 0.5) is 0 Å². The van der Waals surface area contributed by atoms with Gasteiger partial charge in [-0.05, 0) is 129 Å². The standard InChI is InChI=1S/C37H55NO5/c1-6-22(2)29(21-34(41)33(38)19-24-7-10-26(40)11-8-24)35(42)43-27-15-17-36(4)25(20-27)9-12-28-31-14-13-30(23(3)39)37(31,5)18-16-32(28)36/h7-8,10-11,22,25,27-33,40H,6,9,12-21,38H2,1-5H3/t22?,25-,27+,28-,29-,30+,31-,32-,33-,36-,37+/m0/s1. The number of nitrogens with two attached hydrogens (primary N) is 1. The van der Waals surface area contributed by atoms with E-state index < -0.39 is 12.0 Å². The predicted octanol–water partition coefficient (Wildman–Crippen LogP) is 7.04. The third-order valence-corrected chi connectivity index (χ3v) is 13.3. The van der Waals surface area contributed by atoms with Gasteiger partial charge in [-0.1, -0.05) is 46.2 Å². The van der Waals surface area contributed by atoms with Gasteiger partial charge in [0.15, 0.2) is 5.78 Å². The molecule has 0 saturated heterocycles. The molecule has 0 aromatic heterocycles. The summed E-state index contributed by atoms with van der Waals surface area (Å²) in [6.07, 6.45) is 11.2. The number of benzene rings is 1. The lowest BCUT2D eigenvalue weighted by Crippen LogP contribution is -2.54. The Morgan fingerprint density at radius 3 is 2.33 bits per heavy atom. The van der Waals surface area contributed by atoms with Gasteiger partial charge in [-0.25, -0.2) is 0 Å². The monoisotopic (exact) mass is 593 g/mol. The van der Waals surface area contributed by atoms with Crippen LogP contribution in [-0.2, 0) is 25.5 Å². The molecule has 11 atom stereocenters. The van der Waals surface area contributed by atoms with E-state index >= 15 is 0 Å². The quantitative estimate of drug-likeness (QED) is 0.282. The lowest BCUT2D eigenvalue weighted by atomic mass is 9.44. The SMILES string of the molecule is CCC(C)[C@H](CC(=O)[C@@H](N)Cc1ccc(O)cc1)C(=O)O[C@@H]1CC[C@@]2(C)[C@@H](CC[C@@H]3[C@@H]2CC[C@]2(C)[C@@H](C(C)=O)CC[C@@H]32)C1. The number of hydrogen-bond donors (Lipinski definition) is 2. The third kappa shape index (κ3) is 6.19. The van der Waals surface area contributed by atoms with Gasteiger partial charge in [0, 0.05) is 12.3 Å². The number of phenolic OH excluding ortho intramolecular Hbond substituents is 1. The topological polar surface area (TPSA) is 107 Å². The minimum atomic E-state index is -0.697. The molecule has 238 valence electrons. The van der Waals surface area contributed by atoms with Gasteiger partial charge in [0.25, 0.3) is 0 Å². The van der Waals surface area contributed by atoms with Gasteiger partial charge in [0.1, 0.15) is 17.6 Å². The number of aromatic hydroxyl groups is 1. The Morgan fingerprint density at radius 2 is 1.65 bits per heavy atom. The number of fused-ring (bicyclic) bond motifs is 5. The van der Waals surface area contributed by atoms with Gasteiger partial charge in [-0.2, -0.15) is 0 Å². The summed E-state index contributed by atoms with van der Waals surface area (Å²) in [6, 6.07) is 6.04. The number of phenols is 1. The average Bonchev–Trinajstić information content (AvgIpc) is 3.34. The van der Waals surface area contributed by atoms with Crippen LogP contribution in [0, 0.1) is 52.3 Å². The van der Waals surface area contributed by atoms with Crippen molar-refractivity contribution in [2.24, 2.45) is 58.0 Å². The van der Waals surface area contributed by atoms with E-state index in [9.17, 15) is 19.5 Å². The fourth-order valence-electron chi connectivity index (χ4n) is 10.4. The van der Waals surface area contributed by atoms with Gasteiger partial charge in [-0.3, -0.25) is 14.4 Å². The van der Waals surface area contributed by atoms with Crippen molar-refractivity contribution in [3.63, 3.8) is 0 Å². The molecule has 1 unspecified atom stereocenters. The van der Waals surface area contributed by atoms with Crippen molar-refractivity contribution < 1.29 is 24.2 Å². The highest BCUT2D eigenvalue weighted by Crippen LogP contribution is 2.67. The highest BCUT2D eigenvalue weighted by atomic mass is 16.5. The smallest absolute Gasteiger partial charge is 0.309 e. The molecular weight excluding hydrogens is 538 g/mol. The molecule has 1 aromatic carbocycles. The van der Waals surface area contributed by atoms with Crippen molar-refractivity contribution in [2.45, 2.75) is 124 Å². The first-order valence-corrected chi connectivity index (χ1v) is 17.1. The van der Waals surface area contributed by atoms with Gasteiger partial charge >= 0.3 is 5.97 Å². The highest BCUT2D eigenvalue weighted by Gasteiger charge is 2.61. The van der Waals surface area contributed by atoms with Crippen LogP contribution in [0.2, 0.25) is 0 Å². The van der Waals surface area contributed by atoms with Gasteiger partial charge in [0.2, 0.25) is 0 Å². The number of Topliss-reactive ketones (excluding diaryl/α,β-unsaturated/α-hetero) is 2. The van der Waals surface area contributed by atoms with Crippen LogP contribution < -0.4 is 5.73 Å². The van der Waals surface area contributed by atoms with Crippen molar-refractivity contribution in [3.8, 4) is 5.75 Å². The minimum absolute atomic E-state index is 0.0309. The van der Waals surface area contributed by atoms with E-state index in [1.54, 1.807) is 31.2 Å². The molecular formula is C37H55NO5. The summed E-state index contributed by atoms with van der Waals surface area (Å²) in [5.74, 6) is 2.64. The lowest BCUT2D eigenvalue weighted by Gasteiger charge is -2.61. The largest absolute Gasteiger partial charge is 0.508 e. The first-order valence-electron chi connectivity index (χ1n) is 17.1. The van der Waals surface area contributed by atoms with Crippen molar-refractivity contribution in [1.29, 1.82) is 0 Å². The van der Waals surface area contributed by atoms with Crippen molar-refractivity contribution in [3.05, 3.63) is 29.8 Å². The van der Waals surface area contributed by atoms with Crippen molar-refractivity contribution >= 4 is 17.5 Å². The predicted molar refractivity (Wildman–Crippen MR) is 168 cm³/mol. The normalized spacial score (nSPS) is 37.3. The second-order valence-corrected chi connectivity index (χ2v) is 15.4. The number of ketones is 2. The van der Waals surface area contributed by atoms with E-state index in [1.165, 1.54) is 32.1 Å². The second-order valence-electron chi connectivity index (χ2n) is 15.4. The number of carbonyl (C=O) groups is 3. The Hall–Kier alpha value is -2.21. The first-order chi connectivity index (χ1) is 20.4. The Bertz CT molecular complexity index is 1180. The summed E-state index contributed by atoms with van der Waals surface area (Å²) in [5.41, 5.74) is 7.62. The number of rotatable bonds is 10. The van der Waals surface area contributed by atoms with E-state index in [0.717, 1.165) is 43.6 Å². The molecule has 1 aromatic rings. The molecule has 0 aliphatic heterocycles. The molecule has 0 spiro atoms. The number of hydrogen-bond acceptors (Lipinski definition) is 6. The number of esters is 1. The molecule has 43 heavy (non-hydrogen) atoms. The van der Waals surface area contributed by atoms with E-state index in [1.807, 2.05) is 6.92 Å². The zero-order valence-electron chi connectivity index (χ0n) is 27.1. The Kier molecular flexibility index (Phi) is 9.47. The minimum Gasteiger partial charge on any atom is -0.508 e. The second kappa shape index (κ2) is 12.7. The van der Waals surface area contributed by atoms with Crippen LogP contribution in [0.3, 0.4) is 0 Å². The molecule has 5 rings (SSSR count). The maximum atomic E-state index is 13.6. The highest BCUT2D eigenvalue weighted by molar-refractivity contribution is 5.88. The summed E-state index contributed by atoms with van der Waals surface area (Å²) < 4.78 is 6.25. The summed E-state index contributed by atoms with van der Waals surface area (Å²) >= 11 is 0. The average molecular weight is 594 g/mol. The van der Waals surface area contributed by atoms with E-state index in [4.69, 9.17) is 10.5 Å². The summed E-state index contributed by atoms with van der Waals surface area (Å²) in [5, 5.41) is 9.54. The Labute approximate surface area is 258 Å². The van der Waals surface area contributed by atoms with Crippen LogP contribution in [0.5, 0.6) is 5.75 Å². The summed E-state index contributed by atoms with van der Waals surface area (Å²) in [7, 11) is 0. The number of carbonyl (C=O) groups excluding carboxylic acids is 3. The molecule has 0 amide bonds. The molecule has 4 fully saturated rings. The lowest BCUT2D eigenvalue weighted by molar-refractivity contribution is -0.169. The van der Waals surface area contributed by atoms with E-state index in [2.05, 4.69) is 20.8 Å². The van der Waals surface area contributed by atoms with Crippen molar-refractivity contribution in [1.82, 2.24) is 0 Å². The van der Waals surface area contributed by atoms with Crippen LogP contribution in [-0.4, -0.2) is 34.8 Å². The fourth-order valence-corrected chi connectivity index (χ4v) is 10.4. The fraction of sp³-hybridized carbons (Fsp3) is 0.757. The van der Waals surface area contributed by atoms with Gasteiger partial charge in [0.05, 0.1) is 12.0 Å². The van der Waals surface area contributed by atoms with Gasteiger partial charge < -0.3 is 15.6 Å². The summed E-state index contributed by atoms with van der Waals surface area (Å²) in [6.45, 7) is 10.8. The van der Waals surface area contributed by atoms with Crippen LogP contribution >= 0.6 is 0 Å². The van der Waals surface area contributed by atoms with E-state index in [0.29, 0.717) is 30.0 Å². The molecule has 4 saturated carbocycles. The molecule has 0 radical (unpaired) electrons. The van der Waals surface area contributed by atoms with E-state index in [-0.39, 0.29) is 52.7 Å². The van der Waals surface area contributed by atoms with Gasteiger partial charge in [-0.15, -0.1) is 0 Å². The maximum Gasteiger partial charge on any atom is 0.309 e. The molecule has 3 N–H and O–H groups in total. The van der Waals surface area contributed by atoms with Crippen LogP contribution in [0.1, 0.15) is 111 Å². The molecule has 0 heterocycles. The molecule has 0 bridgehead atoms. The molecule has 4 aliphatic rings. The molecule has 4 aliphatic carbocycles. The Balaban J connectivity index is 1.20. The van der Waals surface area contributed by atoms with Crippen molar-refractivity contribution in [2.75, 3.05) is 0 Å². The Morgan fingerprint density at radius 1 is 0.977 bits per heavy atom. The number of ether oxygens (including phenoxy) is 1. The molecule has 6 heteroatoms. The zero-order valence-corrected chi connectivity index (χ0v) is 27.1. The van der Waals surface area contributed by atoms with Crippen LogP contribution in [0.25, 0.3) is 0 Å². The summed E-state index contributed by atoms with van der Waals surface area (Å²) in [4.78, 5) is 39.3. The molecule has 6 nitrogen and oxygen atoms in total. The van der Waals surface area contributed by atoms with Crippen LogP contribution in [0.15, 0.2) is 24.3 Å². The first kappa shape index (κ1) is 32.2.